The predicted octanol–water partition coefficient (Wildman–Crippen LogP) is 2.75. The fourth-order valence-electron chi connectivity index (χ4n) is 1.51. The SMILES string of the molecule is CCOCCOc1ccc(Br)c(CC(C)N)c1. The van der Waals surface area contributed by atoms with Gasteiger partial charge in [-0.05, 0) is 44.0 Å². The molecule has 0 bridgehead atoms. The zero-order chi connectivity index (χ0) is 12.7. The maximum Gasteiger partial charge on any atom is 0.119 e. The van der Waals surface area contributed by atoms with Crippen LogP contribution in [0.25, 0.3) is 0 Å². The molecule has 1 atom stereocenters. The van der Waals surface area contributed by atoms with E-state index in [4.69, 9.17) is 15.2 Å². The lowest BCUT2D eigenvalue weighted by Gasteiger charge is -2.11. The molecule has 0 heterocycles. The molecule has 0 amide bonds. The van der Waals surface area contributed by atoms with Crippen LogP contribution in [0.2, 0.25) is 0 Å². The van der Waals surface area contributed by atoms with Gasteiger partial charge in [-0.3, -0.25) is 0 Å². The van der Waals surface area contributed by atoms with Crippen molar-refractivity contribution in [1.29, 1.82) is 0 Å². The summed E-state index contributed by atoms with van der Waals surface area (Å²) in [6.45, 7) is 5.89. The summed E-state index contributed by atoms with van der Waals surface area (Å²) < 4.78 is 11.9. The second-order valence-electron chi connectivity index (χ2n) is 3.98. The smallest absolute Gasteiger partial charge is 0.119 e. The van der Waals surface area contributed by atoms with E-state index in [0.29, 0.717) is 13.2 Å². The van der Waals surface area contributed by atoms with E-state index in [2.05, 4.69) is 15.9 Å². The Labute approximate surface area is 111 Å². The van der Waals surface area contributed by atoms with E-state index in [-0.39, 0.29) is 6.04 Å². The third-order valence-corrected chi connectivity index (χ3v) is 3.03. The molecule has 2 N–H and O–H groups in total. The van der Waals surface area contributed by atoms with Gasteiger partial charge in [0.1, 0.15) is 12.4 Å². The molecule has 0 radical (unpaired) electrons. The van der Waals surface area contributed by atoms with Gasteiger partial charge in [0.2, 0.25) is 0 Å². The van der Waals surface area contributed by atoms with E-state index in [0.717, 1.165) is 23.2 Å². The molecule has 4 heteroatoms. The minimum atomic E-state index is 0.143. The number of halogens is 1. The zero-order valence-corrected chi connectivity index (χ0v) is 12.0. The van der Waals surface area contributed by atoms with Gasteiger partial charge in [-0.15, -0.1) is 0 Å². The summed E-state index contributed by atoms with van der Waals surface area (Å²) in [7, 11) is 0. The summed E-state index contributed by atoms with van der Waals surface area (Å²) in [5.74, 6) is 0.864. The Kier molecular flexibility index (Phi) is 6.55. The summed E-state index contributed by atoms with van der Waals surface area (Å²) in [4.78, 5) is 0. The van der Waals surface area contributed by atoms with Gasteiger partial charge in [-0.25, -0.2) is 0 Å². The molecule has 0 saturated carbocycles. The first-order valence-corrected chi connectivity index (χ1v) is 6.67. The molecule has 0 saturated heterocycles. The van der Waals surface area contributed by atoms with E-state index in [1.54, 1.807) is 0 Å². The lowest BCUT2D eigenvalue weighted by Crippen LogP contribution is -2.18. The number of benzene rings is 1. The van der Waals surface area contributed by atoms with Crippen molar-refractivity contribution in [3.05, 3.63) is 28.2 Å². The Hall–Kier alpha value is -0.580. The molecular formula is C13H20BrNO2. The fraction of sp³-hybridized carbons (Fsp3) is 0.538. The second-order valence-corrected chi connectivity index (χ2v) is 4.83. The van der Waals surface area contributed by atoms with Crippen LogP contribution in [0.1, 0.15) is 19.4 Å². The molecule has 0 aliphatic rings. The van der Waals surface area contributed by atoms with Gasteiger partial charge in [-0.1, -0.05) is 15.9 Å². The van der Waals surface area contributed by atoms with Crippen LogP contribution < -0.4 is 10.5 Å². The molecule has 0 aliphatic carbocycles. The van der Waals surface area contributed by atoms with Crippen LogP contribution >= 0.6 is 15.9 Å². The zero-order valence-electron chi connectivity index (χ0n) is 10.4. The van der Waals surface area contributed by atoms with E-state index < -0.39 is 0 Å². The average Bonchev–Trinajstić information content (AvgIpc) is 2.28. The molecule has 0 fully saturated rings. The second kappa shape index (κ2) is 7.69. The Morgan fingerprint density at radius 1 is 1.35 bits per heavy atom. The highest BCUT2D eigenvalue weighted by molar-refractivity contribution is 9.10. The predicted molar refractivity (Wildman–Crippen MR) is 73.5 cm³/mol. The quantitative estimate of drug-likeness (QED) is 0.788. The maximum absolute atomic E-state index is 5.80. The summed E-state index contributed by atoms with van der Waals surface area (Å²) >= 11 is 3.52. The summed E-state index contributed by atoms with van der Waals surface area (Å²) in [5.41, 5.74) is 6.98. The minimum Gasteiger partial charge on any atom is -0.491 e. The van der Waals surface area contributed by atoms with Crippen LogP contribution in [0.5, 0.6) is 5.75 Å². The maximum atomic E-state index is 5.80. The largest absolute Gasteiger partial charge is 0.491 e. The van der Waals surface area contributed by atoms with Crippen LogP contribution in [0.3, 0.4) is 0 Å². The fourth-order valence-corrected chi connectivity index (χ4v) is 1.92. The van der Waals surface area contributed by atoms with Crippen molar-refractivity contribution >= 4 is 15.9 Å². The van der Waals surface area contributed by atoms with Gasteiger partial charge in [-0.2, -0.15) is 0 Å². The van der Waals surface area contributed by atoms with Gasteiger partial charge < -0.3 is 15.2 Å². The van der Waals surface area contributed by atoms with Crippen LogP contribution in [-0.4, -0.2) is 25.9 Å². The van der Waals surface area contributed by atoms with E-state index in [1.165, 1.54) is 5.56 Å². The van der Waals surface area contributed by atoms with Crippen molar-refractivity contribution in [2.75, 3.05) is 19.8 Å². The van der Waals surface area contributed by atoms with Crippen molar-refractivity contribution < 1.29 is 9.47 Å². The molecule has 0 spiro atoms. The number of rotatable bonds is 7. The molecule has 0 aliphatic heterocycles. The monoisotopic (exact) mass is 301 g/mol. The number of ether oxygens (including phenoxy) is 2. The molecule has 3 nitrogen and oxygen atoms in total. The lowest BCUT2D eigenvalue weighted by atomic mass is 10.1. The van der Waals surface area contributed by atoms with Crippen LogP contribution in [0.4, 0.5) is 0 Å². The highest BCUT2D eigenvalue weighted by Gasteiger charge is 2.05. The lowest BCUT2D eigenvalue weighted by molar-refractivity contribution is 0.110. The third kappa shape index (κ3) is 5.52. The van der Waals surface area contributed by atoms with Crippen LogP contribution in [0.15, 0.2) is 22.7 Å². The Balaban J connectivity index is 2.55. The van der Waals surface area contributed by atoms with Crippen molar-refractivity contribution in [2.24, 2.45) is 5.73 Å². The van der Waals surface area contributed by atoms with Gasteiger partial charge >= 0.3 is 0 Å². The molecule has 1 rings (SSSR count). The number of hydrogen-bond donors (Lipinski definition) is 1. The first kappa shape index (κ1) is 14.5. The van der Waals surface area contributed by atoms with Crippen LogP contribution in [-0.2, 0) is 11.2 Å². The Morgan fingerprint density at radius 3 is 2.76 bits per heavy atom. The van der Waals surface area contributed by atoms with Crippen molar-refractivity contribution in [3.63, 3.8) is 0 Å². The van der Waals surface area contributed by atoms with Crippen molar-refractivity contribution in [3.8, 4) is 5.75 Å². The topological polar surface area (TPSA) is 44.5 Å². The third-order valence-electron chi connectivity index (χ3n) is 2.26. The van der Waals surface area contributed by atoms with E-state index in [1.807, 2.05) is 32.0 Å². The summed E-state index contributed by atoms with van der Waals surface area (Å²) in [6, 6.07) is 6.11. The molecule has 17 heavy (non-hydrogen) atoms. The Morgan fingerprint density at radius 2 is 2.12 bits per heavy atom. The van der Waals surface area contributed by atoms with E-state index in [9.17, 15) is 0 Å². The highest BCUT2D eigenvalue weighted by atomic mass is 79.9. The van der Waals surface area contributed by atoms with Gasteiger partial charge in [0.05, 0.1) is 6.61 Å². The molecular weight excluding hydrogens is 282 g/mol. The normalized spacial score (nSPS) is 12.5. The summed E-state index contributed by atoms with van der Waals surface area (Å²) in [5, 5.41) is 0. The minimum absolute atomic E-state index is 0.143. The summed E-state index contributed by atoms with van der Waals surface area (Å²) in [6.07, 6.45) is 0.837. The highest BCUT2D eigenvalue weighted by Crippen LogP contribution is 2.23. The number of nitrogens with two attached hydrogens (primary N) is 1. The molecule has 0 aromatic heterocycles. The van der Waals surface area contributed by atoms with Gasteiger partial charge in [0, 0.05) is 17.1 Å². The van der Waals surface area contributed by atoms with Gasteiger partial charge in [0.25, 0.3) is 0 Å². The Bertz CT molecular complexity index is 342. The van der Waals surface area contributed by atoms with Crippen molar-refractivity contribution in [2.45, 2.75) is 26.3 Å². The molecule has 1 unspecified atom stereocenters. The standard InChI is InChI=1S/C13H20BrNO2/c1-3-16-6-7-17-12-4-5-13(14)11(9-12)8-10(2)15/h4-5,9-10H,3,6-8,15H2,1-2H3. The first-order chi connectivity index (χ1) is 8.13. The first-order valence-electron chi connectivity index (χ1n) is 5.88. The van der Waals surface area contributed by atoms with E-state index >= 15 is 0 Å². The van der Waals surface area contributed by atoms with Crippen LogP contribution in [0, 0.1) is 0 Å². The van der Waals surface area contributed by atoms with Gasteiger partial charge in [0.15, 0.2) is 0 Å². The average molecular weight is 302 g/mol. The molecule has 1 aromatic rings. The molecule has 96 valence electrons. The van der Waals surface area contributed by atoms with Crippen molar-refractivity contribution in [1.82, 2.24) is 0 Å². The number of hydrogen-bond acceptors (Lipinski definition) is 3. The molecule has 1 aromatic carbocycles.